The van der Waals surface area contributed by atoms with E-state index in [2.05, 4.69) is 4.89 Å². The quantitative estimate of drug-likeness (QED) is 0.391. The molecule has 0 fully saturated rings. The molecule has 0 heterocycles. The van der Waals surface area contributed by atoms with Gasteiger partial charge in [0.2, 0.25) is 0 Å². The third kappa shape index (κ3) is 3.88. The van der Waals surface area contributed by atoms with Gasteiger partial charge in [-0.3, -0.25) is 0 Å². The third-order valence-corrected chi connectivity index (χ3v) is 0.268. The molecule has 3 nitrogen and oxygen atoms in total. The Balaban J connectivity index is 2.63. The highest BCUT2D eigenvalue weighted by atomic mass is 17.1. The molecular formula is C3H6O3. The maximum Gasteiger partial charge on any atom is 0.119 e. The normalized spacial score (nSPS) is 10.0. The van der Waals surface area contributed by atoms with Crippen LogP contribution in [0, 0.1) is 6.10 Å². The molecule has 0 saturated heterocycles. The molecule has 0 aliphatic carbocycles. The Kier molecular flexibility index (Phi) is 3.02. The van der Waals surface area contributed by atoms with Crippen LogP contribution in [0.2, 0.25) is 0 Å². The molecule has 0 bridgehead atoms. The van der Waals surface area contributed by atoms with E-state index in [4.69, 9.17) is 10.4 Å². The van der Waals surface area contributed by atoms with E-state index in [0.29, 0.717) is 0 Å². The average Bonchev–Trinajstić information content (AvgIpc) is 1.35. The lowest BCUT2D eigenvalue weighted by Crippen LogP contribution is -1.96. The zero-order valence-corrected chi connectivity index (χ0v) is 3.47. The van der Waals surface area contributed by atoms with E-state index in [-0.39, 0.29) is 12.7 Å². The second-order valence-electron chi connectivity index (χ2n) is 0.997. The van der Waals surface area contributed by atoms with Crippen molar-refractivity contribution in [3.8, 4) is 0 Å². The summed E-state index contributed by atoms with van der Waals surface area (Å²) in [7, 11) is 0. The van der Waals surface area contributed by atoms with Gasteiger partial charge in [-0.25, -0.2) is 4.89 Å². The van der Waals surface area contributed by atoms with Crippen LogP contribution in [0.1, 0.15) is 6.92 Å². The van der Waals surface area contributed by atoms with Crippen molar-refractivity contribution in [2.24, 2.45) is 0 Å². The minimum Gasteiger partial charge on any atom is -0.385 e. The summed E-state index contributed by atoms with van der Waals surface area (Å²) in [4.78, 5) is 3.27. The van der Waals surface area contributed by atoms with Crippen molar-refractivity contribution >= 4 is 0 Å². The van der Waals surface area contributed by atoms with Crippen LogP contribution in [0.25, 0.3) is 0 Å². The fourth-order valence-corrected chi connectivity index (χ4v) is 0.0853. The molecule has 0 spiro atoms. The van der Waals surface area contributed by atoms with Gasteiger partial charge in [0.25, 0.3) is 0 Å². The number of aliphatic hydroxyl groups is 1. The van der Waals surface area contributed by atoms with Gasteiger partial charge in [-0.2, -0.15) is 0 Å². The fraction of sp³-hybridized carbons (Fsp3) is 0.667. The van der Waals surface area contributed by atoms with E-state index in [9.17, 15) is 0 Å². The largest absolute Gasteiger partial charge is 0.385 e. The van der Waals surface area contributed by atoms with E-state index in [1.807, 2.05) is 0 Å². The predicted octanol–water partition coefficient (Wildman–Crippen LogP) is 0.273. The Morgan fingerprint density at radius 1 is 2.00 bits per heavy atom. The monoisotopic (exact) mass is 90.0 g/mol. The zero-order chi connectivity index (χ0) is 4.99. The summed E-state index contributed by atoms with van der Waals surface area (Å²) in [5, 5.41) is 17.2. The van der Waals surface area contributed by atoms with Gasteiger partial charge in [-0.05, 0) is 12.2 Å². The van der Waals surface area contributed by atoms with Gasteiger partial charge in [0.05, 0.1) is 0 Å². The molecule has 0 saturated carbocycles. The van der Waals surface area contributed by atoms with Crippen molar-refractivity contribution in [1.29, 1.82) is 0 Å². The van der Waals surface area contributed by atoms with E-state index in [1.54, 1.807) is 0 Å². The van der Waals surface area contributed by atoms with Crippen LogP contribution >= 0.6 is 0 Å². The van der Waals surface area contributed by atoms with Gasteiger partial charge in [0.1, 0.15) is 12.7 Å². The molecule has 0 atom stereocenters. The van der Waals surface area contributed by atoms with Crippen LogP contribution in [0.3, 0.4) is 0 Å². The highest BCUT2D eigenvalue weighted by molar-refractivity contribution is 4.62. The Labute approximate surface area is 36.1 Å². The van der Waals surface area contributed by atoms with Crippen LogP contribution in [-0.2, 0) is 10.1 Å². The van der Waals surface area contributed by atoms with Crippen LogP contribution in [0.15, 0.2) is 0 Å². The predicted molar refractivity (Wildman–Crippen MR) is 17.5 cm³/mol. The van der Waals surface area contributed by atoms with Crippen LogP contribution in [0.5, 0.6) is 0 Å². The first-order valence-electron chi connectivity index (χ1n) is 1.53. The second-order valence-corrected chi connectivity index (χ2v) is 0.997. The van der Waals surface area contributed by atoms with E-state index < -0.39 is 0 Å². The van der Waals surface area contributed by atoms with Crippen LogP contribution in [-0.4, -0.2) is 11.7 Å². The van der Waals surface area contributed by atoms with Crippen molar-refractivity contribution in [3.05, 3.63) is 6.10 Å². The lowest BCUT2D eigenvalue weighted by molar-refractivity contribution is -0.304. The van der Waals surface area contributed by atoms with Crippen molar-refractivity contribution in [3.63, 3.8) is 0 Å². The van der Waals surface area contributed by atoms with E-state index >= 15 is 0 Å². The first kappa shape index (κ1) is 5.88. The fourth-order valence-electron chi connectivity index (χ4n) is 0.0853. The molecule has 0 aromatic heterocycles. The molecule has 0 aliphatic heterocycles. The first-order chi connectivity index (χ1) is 2.77. The van der Waals surface area contributed by atoms with Gasteiger partial charge in [-0.1, -0.05) is 0 Å². The summed E-state index contributed by atoms with van der Waals surface area (Å²) in [6, 6.07) is 0. The summed E-state index contributed by atoms with van der Waals surface area (Å²) in [6.07, 6.45) is 0.00463. The number of hydrogen-bond donors (Lipinski definition) is 1. The molecule has 2 radical (unpaired) electrons. The molecule has 6 heavy (non-hydrogen) atoms. The topological polar surface area (TPSA) is 49.4 Å². The van der Waals surface area contributed by atoms with Crippen molar-refractivity contribution in [2.75, 3.05) is 6.61 Å². The number of rotatable bonds is 2. The highest BCUT2D eigenvalue weighted by Gasteiger charge is 1.92. The van der Waals surface area contributed by atoms with E-state index in [0.717, 1.165) is 0 Å². The summed E-state index contributed by atoms with van der Waals surface area (Å²) in [5.74, 6) is 0. The minimum absolute atomic E-state index is 0.00463. The molecule has 0 aromatic carbocycles. The molecule has 0 aliphatic rings. The Hall–Kier alpha value is -0.120. The smallest absolute Gasteiger partial charge is 0.119 e. The van der Waals surface area contributed by atoms with Crippen LogP contribution in [0.4, 0.5) is 0 Å². The molecule has 3 heteroatoms. The van der Waals surface area contributed by atoms with Crippen molar-refractivity contribution in [2.45, 2.75) is 6.92 Å². The lowest BCUT2D eigenvalue weighted by Gasteiger charge is -1.91. The molecule has 1 N–H and O–H groups in total. The minimum atomic E-state index is -0.208. The van der Waals surface area contributed by atoms with Gasteiger partial charge in [0.15, 0.2) is 0 Å². The van der Waals surface area contributed by atoms with Crippen LogP contribution < -0.4 is 0 Å². The molecule has 0 unspecified atom stereocenters. The average molecular weight is 90.1 g/mol. The van der Waals surface area contributed by atoms with E-state index in [1.165, 1.54) is 6.92 Å². The van der Waals surface area contributed by atoms with Gasteiger partial charge in [0, 0.05) is 0 Å². The second kappa shape index (κ2) is 3.08. The van der Waals surface area contributed by atoms with Gasteiger partial charge >= 0.3 is 0 Å². The number of hydrogen-bond acceptors (Lipinski definition) is 2. The first-order valence-corrected chi connectivity index (χ1v) is 1.53. The molecule has 36 valence electrons. The van der Waals surface area contributed by atoms with Gasteiger partial charge < -0.3 is 5.11 Å². The highest BCUT2D eigenvalue weighted by Crippen LogP contribution is 1.86. The number of aliphatic hydroxyl groups excluding tert-OH is 1. The maximum atomic E-state index is 9.06. The maximum absolute atomic E-state index is 9.06. The summed E-state index contributed by atoms with van der Waals surface area (Å²) < 4.78 is 0. The van der Waals surface area contributed by atoms with Crippen molar-refractivity contribution in [1.82, 2.24) is 0 Å². The summed E-state index contributed by atoms with van der Waals surface area (Å²) in [5.41, 5.74) is 0. The lowest BCUT2D eigenvalue weighted by atomic mass is 10.5. The van der Waals surface area contributed by atoms with Gasteiger partial charge in [-0.15, -0.1) is 0 Å². The zero-order valence-electron chi connectivity index (χ0n) is 3.47. The molecule has 0 amide bonds. The molecule has 0 rings (SSSR count). The van der Waals surface area contributed by atoms with Crippen molar-refractivity contribution < 1.29 is 15.3 Å². The third-order valence-electron chi connectivity index (χ3n) is 0.268. The Bertz CT molecular complexity index is 27.2. The standard InChI is InChI=1S/C3H6O3/c1-3(4)2-6-5/h4H,2H2,1H3. The SMILES string of the molecule is C[C](O)CO[O]. The molecular weight excluding hydrogens is 84.0 g/mol. The Morgan fingerprint density at radius 3 is 2.50 bits per heavy atom. The Morgan fingerprint density at radius 2 is 2.50 bits per heavy atom. The molecule has 0 aromatic rings. The summed E-state index contributed by atoms with van der Waals surface area (Å²) in [6.45, 7) is 1.19. The summed E-state index contributed by atoms with van der Waals surface area (Å²) >= 11 is 0.